The quantitative estimate of drug-likeness (QED) is 0.568. The largest absolute Gasteiger partial charge is 0.309 e. The molecule has 0 aliphatic carbocycles. The lowest BCUT2D eigenvalue weighted by Gasteiger charge is -2.09. The van der Waals surface area contributed by atoms with Crippen molar-refractivity contribution in [3.05, 3.63) is 0 Å². The third-order valence-electron chi connectivity index (χ3n) is 1.97. The fraction of sp³-hybridized carbons (Fsp3) is 0.889. The van der Waals surface area contributed by atoms with Crippen molar-refractivity contribution in [1.82, 2.24) is 0 Å². The third-order valence-corrected chi connectivity index (χ3v) is 1.97. The Labute approximate surface area is 64.3 Å². The second-order valence-electron chi connectivity index (χ2n) is 2.92. The summed E-state index contributed by atoms with van der Waals surface area (Å²) in [5, 5.41) is 7.52. The highest BCUT2D eigenvalue weighted by Gasteiger charge is 2.04. The van der Waals surface area contributed by atoms with Gasteiger partial charge in [0.2, 0.25) is 0 Å². The highest BCUT2D eigenvalue weighted by molar-refractivity contribution is 5.83. The van der Waals surface area contributed by atoms with E-state index in [1.165, 1.54) is 19.3 Å². The van der Waals surface area contributed by atoms with Crippen molar-refractivity contribution in [3.8, 4) is 0 Å². The molecule has 1 N–H and O–H groups in total. The Morgan fingerprint density at radius 2 is 2.00 bits per heavy atom. The summed E-state index contributed by atoms with van der Waals surface area (Å²) in [5.41, 5.74) is 0.911. The zero-order valence-electron chi connectivity index (χ0n) is 7.41. The Kier molecular flexibility index (Phi) is 5.27. The molecule has 0 aliphatic rings. The van der Waals surface area contributed by atoms with Crippen molar-refractivity contribution in [3.63, 3.8) is 0 Å². The molecule has 0 spiro atoms. The van der Waals surface area contributed by atoms with Gasteiger partial charge >= 0.3 is 0 Å². The van der Waals surface area contributed by atoms with Crippen LogP contribution in [0, 0.1) is 11.3 Å². The molecule has 60 valence electrons. The van der Waals surface area contributed by atoms with E-state index in [4.69, 9.17) is 5.41 Å². The van der Waals surface area contributed by atoms with Gasteiger partial charge in [-0.15, -0.1) is 0 Å². The van der Waals surface area contributed by atoms with Crippen LogP contribution in [-0.4, -0.2) is 5.71 Å². The summed E-state index contributed by atoms with van der Waals surface area (Å²) < 4.78 is 0. The molecule has 0 bridgehead atoms. The lowest BCUT2D eigenvalue weighted by Crippen LogP contribution is -2.07. The number of rotatable bonds is 5. The monoisotopic (exact) mass is 141 g/mol. The molecule has 0 saturated heterocycles. The van der Waals surface area contributed by atoms with E-state index in [0.717, 1.165) is 12.1 Å². The van der Waals surface area contributed by atoms with Crippen LogP contribution in [0.25, 0.3) is 0 Å². The SMILES string of the molecule is CCCC[C@@H](C)C(=N)CC. The van der Waals surface area contributed by atoms with Crippen molar-refractivity contribution in [2.24, 2.45) is 5.92 Å². The first-order valence-electron chi connectivity index (χ1n) is 4.29. The van der Waals surface area contributed by atoms with Gasteiger partial charge in [-0.05, 0) is 18.8 Å². The number of hydrogen-bond acceptors (Lipinski definition) is 1. The topological polar surface area (TPSA) is 23.9 Å². The molecule has 0 radical (unpaired) electrons. The molecule has 0 aromatic rings. The zero-order valence-corrected chi connectivity index (χ0v) is 7.41. The van der Waals surface area contributed by atoms with E-state index in [1.54, 1.807) is 0 Å². The highest BCUT2D eigenvalue weighted by Crippen LogP contribution is 2.10. The maximum absolute atomic E-state index is 7.52. The third kappa shape index (κ3) is 3.65. The predicted molar refractivity (Wildman–Crippen MR) is 46.7 cm³/mol. The van der Waals surface area contributed by atoms with Crippen LogP contribution in [0.2, 0.25) is 0 Å². The minimum Gasteiger partial charge on any atom is -0.309 e. The Hall–Kier alpha value is -0.330. The number of nitrogens with one attached hydrogen (secondary N) is 1. The molecule has 0 rings (SSSR count). The van der Waals surface area contributed by atoms with Crippen molar-refractivity contribution in [1.29, 1.82) is 5.41 Å². The van der Waals surface area contributed by atoms with Gasteiger partial charge in [0.25, 0.3) is 0 Å². The lowest BCUT2D eigenvalue weighted by atomic mass is 9.97. The predicted octanol–water partition coefficient (Wildman–Crippen LogP) is 3.24. The molecule has 0 amide bonds. The lowest BCUT2D eigenvalue weighted by molar-refractivity contribution is 0.615. The average Bonchev–Trinajstić information content (AvgIpc) is 1.98. The van der Waals surface area contributed by atoms with Gasteiger partial charge in [-0.25, -0.2) is 0 Å². The van der Waals surface area contributed by atoms with Crippen molar-refractivity contribution in [2.45, 2.75) is 46.5 Å². The molecule has 0 unspecified atom stereocenters. The van der Waals surface area contributed by atoms with Crippen LogP contribution >= 0.6 is 0 Å². The number of hydrogen-bond donors (Lipinski definition) is 1. The molecule has 0 aliphatic heterocycles. The second-order valence-corrected chi connectivity index (χ2v) is 2.92. The molecule has 10 heavy (non-hydrogen) atoms. The molecular formula is C9H19N. The van der Waals surface area contributed by atoms with Gasteiger partial charge in [0.15, 0.2) is 0 Å². The average molecular weight is 141 g/mol. The summed E-state index contributed by atoms with van der Waals surface area (Å²) in [6.45, 7) is 6.41. The van der Waals surface area contributed by atoms with Crippen LogP contribution in [-0.2, 0) is 0 Å². The Bertz CT molecular complexity index is 96.9. The molecule has 1 heteroatoms. The van der Waals surface area contributed by atoms with Crippen LogP contribution in [0.3, 0.4) is 0 Å². The first-order valence-corrected chi connectivity index (χ1v) is 4.29. The molecule has 0 fully saturated rings. The van der Waals surface area contributed by atoms with E-state index >= 15 is 0 Å². The summed E-state index contributed by atoms with van der Waals surface area (Å²) in [7, 11) is 0. The maximum Gasteiger partial charge on any atom is 0.0114 e. The van der Waals surface area contributed by atoms with Crippen molar-refractivity contribution in [2.75, 3.05) is 0 Å². The summed E-state index contributed by atoms with van der Waals surface area (Å²) in [5.74, 6) is 0.518. The van der Waals surface area contributed by atoms with E-state index < -0.39 is 0 Å². The van der Waals surface area contributed by atoms with Crippen LogP contribution in [0.1, 0.15) is 46.5 Å². The normalized spacial score (nSPS) is 13.1. The molecule has 0 heterocycles. The van der Waals surface area contributed by atoms with E-state index in [9.17, 15) is 0 Å². The van der Waals surface area contributed by atoms with Gasteiger partial charge < -0.3 is 5.41 Å². The van der Waals surface area contributed by atoms with Crippen LogP contribution in [0.4, 0.5) is 0 Å². The van der Waals surface area contributed by atoms with Crippen LogP contribution < -0.4 is 0 Å². The fourth-order valence-corrected chi connectivity index (χ4v) is 1.03. The molecule has 0 aromatic heterocycles. The van der Waals surface area contributed by atoms with Gasteiger partial charge in [-0.3, -0.25) is 0 Å². The van der Waals surface area contributed by atoms with Gasteiger partial charge in [0.05, 0.1) is 0 Å². The first-order chi connectivity index (χ1) is 4.72. The van der Waals surface area contributed by atoms with Gasteiger partial charge in [-0.1, -0.05) is 33.6 Å². The van der Waals surface area contributed by atoms with Crippen molar-refractivity contribution < 1.29 is 0 Å². The van der Waals surface area contributed by atoms with E-state index in [0.29, 0.717) is 5.92 Å². The second kappa shape index (κ2) is 5.45. The first kappa shape index (κ1) is 9.67. The van der Waals surface area contributed by atoms with Crippen LogP contribution in [0.15, 0.2) is 0 Å². The number of unbranched alkanes of at least 4 members (excludes halogenated alkanes) is 1. The molecule has 0 saturated carbocycles. The Morgan fingerprint density at radius 1 is 1.40 bits per heavy atom. The highest BCUT2D eigenvalue weighted by atomic mass is 14.4. The van der Waals surface area contributed by atoms with E-state index in [2.05, 4.69) is 20.8 Å². The van der Waals surface area contributed by atoms with Gasteiger partial charge in [-0.2, -0.15) is 0 Å². The standard InChI is InChI=1S/C9H19N/c1-4-6-7-8(3)9(10)5-2/h8,10H,4-7H2,1-3H3/t8-/m1/s1. The zero-order chi connectivity index (χ0) is 7.98. The molecule has 1 atom stereocenters. The maximum atomic E-state index is 7.52. The summed E-state index contributed by atoms with van der Waals surface area (Å²) in [6.07, 6.45) is 4.64. The van der Waals surface area contributed by atoms with E-state index in [1.807, 2.05) is 0 Å². The molecule has 0 aromatic carbocycles. The Balaban J connectivity index is 3.41. The smallest absolute Gasteiger partial charge is 0.0114 e. The minimum absolute atomic E-state index is 0.518. The molecular weight excluding hydrogens is 122 g/mol. The van der Waals surface area contributed by atoms with E-state index in [-0.39, 0.29) is 0 Å². The summed E-state index contributed by atoms with van der Waals surface area (Å²) in [4.78, 5) is 0. The van der Waals surface area contributed by atoms with Gasteiger partial charge in [0.1, 0.15) is 0 Å². The van der Waals surface area contributed by atoms with Crippen molar-refractivity contribution >= 4 is 5.71 Å². The minimum atomic E-state index is 0.518. The fourth-order valence-electron chi connectivity index (χ4n) is 1.03. The van der Waals surface area contributed by atoms with Gasteiger partial charge in [0, 0.05) is 5.71 Å². The summed E-state index contributed by atoms with van der Waals surface area (Å²) >= 11 is 0. The Morgan fingerprint density at radius 3 is 2.40 bits per heavy atom. The van der Waals surface area contributed by atoms with Crippen LogP contribution in [0.5, 0.6) is 0 Å². The molecule has 1 nitrogen and oxygen atoms in total. The summed E-state index contributed by atoms with van der Waals surface area (Å²) in [6, 6.07) is 0.